The van der Waals surface area contributed by atoms with Crippen molar-refractivity contribution in [2.24, 2.45) is 5.92 Å². The van der Waals surface area contributed by atoms with Gasteiger partial charge in [-0.1, -0.05) is 25.5 Å². The van der Waals surface area contributed by atoms with E-state index < -0.39 is 0 Å². The Balaban J connectivity index is 1.52. The van der Waals surface area contributed by atoms with E-state index in [0.29, 0.717) is 6.54 Å². The van der Waals surface area contributed by atoms with E-state index in [-0.39, 0.29) is 11.7 Å². The fraction of sp³-hybridized carbons (Fsp3) is 0.333. The van der Waals surface area contributed by atoms with Gasteiger partial charge in [-0.25, -0.2) is 9.37 Å². The molecule has 0 spiro atoms. The molecule has 1 aliphatic carbocycles. The number of halogens is 1. The van der Waals surface area contributed by atoms with E-state index in [4.69, 9.17) is 0 Å². The van der Waals surface area contributed by atoms with Crippen molar-refractivity contribution in [1.29, 1.82) is 0 Å². The number of aromatic nitrogens is 3. The number of nitrogens with one attached hydrogen (secondary N) is 2. The Morgan fingerprint density at radius 2 is 2.18 bits per heavy atom. The van der Waals surface area contributed by atoms with Gasteiger partial charge in [0.25, 0.3) is 0 Å². The normalized spacial score (nSPS) is 19.5. The molecule has 2 aromatic heterocycles. The zero-order valence-corrected chi connectivity index (χ0v) is 16.2. The van der Waals surface area contributed by atoms with Crippen LogP contribution in [-0.4, -0.2) is 26.7 Å². The quantitative estimate of drug-likeness (QED) is 0.798. The first-order chi connectivity index (χ1) is 13.6. The lowest BCUT2D eigenvalue weighted by Gasteiger charge is -2.19. The van der Waals surface area contributed by atoms with E-state index in [2.05, 4.69) is 33.8 Å². The lowest BCUT2D eigenvalue weighted by molar-refractivity contribution is 0.251. The Labute approximate surface area is 164 Å². The van der Waals surface area contributed by atoms with E-state index in [9.17, 15) is 4.39 Å². The lowest BCUT2D eigenvalue weighted by Crippen LogP contribution is -2.34. The number of allylic oxidation sites excluding steroid dienone is 4. The van der Waals surface area contributed by atoms with Crippen molar-refractivity contribution in [2.75, 3.05) is 7.05 Å². The molecule has 1 unspecified atom stereocenters. The third-order valence-electron chi connectivity index (χ3n) is 5.05. The van der Waals surface area contributed by atoms with Crippen LogP contribution in [-0.2, 0) is 6.54 Å². The van der Waals surface area contributed by atoms with Crippen LogP contribution in [0.5, 0.6) is 0 Å². The van der Waals surface area contributed by atoms with Gasteiger partial charge in [0.15, 0.2) is 0 Å². The third-order valence-corrected chi connectivity index (χ3v) is 5.05. The summed E-state index contributed by atoms with van der Waals surface area (Å²) in [4.78, 5) is 8.93. The second-order valence-corrected chi connectivity index (χ2v) is 7.22. The summed E-state index contributed by atoms with van der Waals surface area (Å²) in [5.41, 5.74) is 10.5. The fourth-order valence-corrected chi connectivity index (χ4v) is 3.61. The first-order valence-corrected chi connectivity index (χ1v) is 9.64. The van der Waals surface area contributed by atoms with Gasteiger partial charge in [0.1, 0.15) is 11.5 Å². The zero-order valence-electron chi connectivity index (χ0n) is 16.2. The summed E-state index contributed by atoms with van der Waals surface area (Å²) >= 11 is 0. The van der Waals surface area contributed by atoms with Gasteiger partial charge in [0.05, 0.1) is 24.3 Å². The Morgan fingerprint density at radius 3 is 2.96 bits per heavy atom. The number of rotatable bonds is 6. The largest absolute Gasteiger partial charge is 0.332 e. The van der Waals surface area contributed by atoms with Crippen LogP contribution >= 0.6 is 0 Å². The average molecular weight is 380 g/mol. The van der Waals surface area contributed by atoms with E-state index in [0.717, 1.165) is 47.5 Å². The van der Waals surface area contributed by atoms with Gasteiger partial charge in [-0.3, -0.25) is 10.4 Å². The molecule has 0 aromatic carbocycles. The molecule has 0 radical (unpaired) electrons. The van der Waals surface area contributed by atoms with Crippen LogP contribution in [0.3, 0.4) is 0 Å². The van der Waals surface area contributed by atoms with Crippen molar-refractivity contribution >= 4 is 5.70 Å². The molecule has 0 fully saturated rings. The van der Waals surface area contributed by atoms with Crippen LogP contribution in [0.25, 0.3) is 17.1 Å². The number of pyridine rings is 1. The fourth-order valence-electron chi connectivity index (χ4n) is 3.61. The number of hydrazine groups is 2. The summed E-state index contributed by atoms with van der Waals surface area (Å²) in [6, 6.07) is 3.94. The maximum absolute atomic E-state index is 14.7. The van der Waals surface area contributed by atoms with Gasteiger partial charge in [0, 0.05) is 42.7 Å². The predicted octanol–water partition coefficient (Wildman–Crippen LogP) is 3.80. The Bertz CT molecular complexity index is 942. The molecule has 1 atom stereocenters. The molecule has 3 heterocycles. The van der Waals surface area contributed by atoms with E-state index in [1.807, 2.05) is 42.2 Å². The number of imidazole rings is 1. The minimum Gasteiger partial charge on any atom is -0.332 e. The van der Waals surface area contributed by atoms with Crippen LogP contribution < -0.4 is 10.9 Å². The van der Waals surface area contributed by atoms with Crippen molar-refractivity contribution in [1.82, 2.24) is 30.5 Å². The molecule has 2 aliphatic rings. The summed E-state index contributed by atoms with van der Waals surface area (Å²) in [6.07, 6.45) is 14.0. The van der Waals surface area contributed by atoms with Crippen LogP contribution in [0.4, 0.5) is 4.39 Å². The maximum Gasteiger partial charge on any atom is 0.108 e. The highest BCUT2D eigenvalue weighted by molar-refractivity contribution is 5.68. The van der Waals surface area contributed by atoms with E-state index in [1.165, 1.54) is 0 Å². The molecule has 28 heavy (non-hydrogen) atoms. The monoisotopic (exact) mass is 380 g/mol. The maximum atomic E-state index is 14.7. The summed E-state index contributed by atoms with van der Waals surface area (Å²) in [6.45, 7) is 2.58. The SMILES string of the molecule is CCCC1CC=CC(Cn2cnc(-c3cc(C4=CNN(C)N4)ccn3)c2)=C1F. The third kappa shape index (κ3) is 3.84. The molecule has 4 rings (SSSR count). The second-order valence-electron chi connectivity index (χ2n) is 7.22. The summed E-state index contributed by atoms with van der Waals surface area (Å²) in [7, 11) is 1.89. The van der Waals surface area contributed by atoms with Crippen LogP contribution in [0.15, 0.2) is 60.6 Å². The van der Waals surface area contributed by atoms with Gasteiger partial charge in [-0.15, -0.1) is 5.12 Å². The van der Waals surface area contributed by atoms with Gasteiger partial charge in [-0.2, -0.15) is 0 Å². The number of hydrogen-bond acceptors (Lipinski definition) is 5. The predicted molar refractivity (Wildman–Crippen MR) is 108 cm³/mol. The zero-order chi connectivity index (χ0) is 19.5. The highest BCUT2D eigenvalue weighted by atomic mass is 19.1. The van der Waals surface area contributed by atoms with Crippen LogP contribution in [0, 0.1) is 5.92 Å². The van der Waals surface area contributed by atoms with Gasteiger partial charge < -0.3 is 9.99 Å². The molecule has 2 aromatic rings. The van der Waals surface area contributed by atoms with E-state index in [1.54, 1.807) is 17.6 Å². The van der Waals surface area contributed by atoms with Crippen molar-refractivity contribution < 1.29 is 4.39 Å². The highest BCUT2D eigenvalue weighted by Gasteiger charge is 2.20. The lowest BCUT2D eigenvalue weighted by atomic mass is 9.91. The minimum atomic E-state index is 0.0188. The van der Waals surface area contributed by atoms with Crippen molar-refractivity contribution in [3.63, 3.8) is 0 Å². The minimum absolute atomic E-state index is 0.0188. The molecule has 146 valence electrons. The van der Waals surface area contributed by atoms with Crippen LogP contribution in [0.2, 0.25) is 0 Å². The molecule has 0 bridgehead atoms. The standard InChI is InChI=1S/C21H25FN6/c1-3-5-15-6-4-7-17(21(15)22)12-28-13-20(24-14-28)18-10-16(8-9-23-18)19-11-25-27(2)26-19/h4,7-11,13-15,25-26H,3,5-6,12H2,1-2H3. The second kappa shape index (κ2) is 7.98. The van der Waals surface area contributed by atoms with Crippen molar-refractivity contribution in [2.45, 2.75) is 32.7 Å². The van der Waals surface area contributed by atoms with Crippen LogP contribution in [0.1, 0.15) is 31.7 Å². The molecule has 0 amide bonds. The average Bonchev–Trinajstić information content (AvgIpc) is 3.34. The van der Waals surface area contributed by atoms with Gasteiger partial charge in [0.2, 0.25) is 0 Å². The smallest absolute Gasteiger partial charge is 0.108 e. The number of nitrogens with zero attached hydrogens (tertiary/aromatic N) is 4. The summed E-state index contributed by atoms with van der Waals surface area (Å²) in [5.74, 6) is 0.0425. The molecule has 1 aliphatic heterocycles. The molecule has 0 saturated carbocycles. The molecule has 0 saturated heterocycles. The van der Waals surface area contributed by atoms with Gasteiger partial charge >= 0.3 is 0 Å². The Hall–Kier alpha value is -2.93. The van der Waals surface area contributed by atoms with E-state index >= 15 is 0 Å². The van der Waals surface area contributed by atoms with Crippen molar-refractivity contribution in [3.8, 4) is 11.4 Å². The topological polar surface area (TPSA) is 58.0 Å². The Morgan fingerprint density at radius 1 is 1.29 bits per heavy atom. The molecule has 2 N–H and O–H groups in total. The van der Waals surface area contributed by atoms with Crippen molar-refractivity contribution in [3.05, 3.63) is 66.2 Å². The molecule has 7 heteroatoms. The first-order valence-electron chi connectivity index (χ1n) is 9.64. The summed E-state index contributed by atoms with van der Waals surface area (Å²) in [5, 5.41) is 1.77. The molecule has 6 nitrogen and oxygen atoms in total. The van der Waals surface area contributed by atoms with Gasteiger partial charge in [-0.05, 0) is 25.0 Å². The molecular weight excluding hydrogens is 355 g/mol. The molecular formula is C21H25FN6. The number of hydrogen-bond donors (Lipinski definition) is 2. The first kappa shape index (κ1) is 18.4. The summed E-state index contributed by atoms with van der Waals surface area (Å²) < 4.78 is 16.6. The highest BCUT2D eigenvalue weighted by Crippen LogP contribution is 2.31. The Kier molecular flexibility index (Phi) is 5.25.